The summed E-state index contributed by atoms with van der Waals surface area (Å²) >= 11 is 13.5. The van der Waals surface area contributed by atoms with Gasteiger partial charge in [-0.05, 0) is 43.0 Å². The molecule has 1 aliphatic heterocycles. The first-order valence-corrected chi connectivity index (χ1v) is 11.2. The summed E-state index contributed by atoms with van der Waals surface area (Å²) in [6, 6.07) is 5.92. The SMILES string of the molecule is COc1ccc(Cl)cc1C(=S)/N=c1\sc(C(C)(C)C)cn1CC1CCCCN1. The summed E-state index contributed by atoms with van der Waals surface area (Å²) in [5.41, 5.74) is 0.813. The normalized spacial score (nSPS) is 18.3. The van der Waals surface area contributed by atoms with Gasteiger partial charge in [0.15, 0.2) is 4.80 Å². The number of ether oxygens (including phenoxy) is 1. The number of thiazole rings is 1. The Hall–Kier alpha value is -1.21. The molecule has 0 saturated carbocycles. The Kier molecular flexibility index (Phi) is 6.97. The Morgan fingerprint density at radius 1 is 1.39 bits per heavy atom. The van der Waals surface area contributed by atoms with Gasteiger partial charge in [-0.1, -0.05) is 51.0 Å². The zero-order valence-corrected chi connectivity index (χ0v) is 19.3. The van der Waals surface area contributed by atoms with Crippen LogP contribution < -0.4 is 14.9 Å². The molecule has 1 N–H and O–H groups in total. The molecule has 7 heteroatoms. The van der Waals surface area contributed by atoms with E-state index < -0.39 is 0 Å². The van der Waals surface area contributed by atoms with Gasteiger partial charge in [0.2, 0.25) is 0 Å². The molecular formula is C21H28ClN3OS2. The lowest BCUT2D eigenvalue weighted by Crippen LogP contribution is -2.39. The van der Waals surface area contributed by atoms with Gasteiger partial charge < -0.3 is 14.6 Å². The van der Waals surface area contributed by atoms with E-state index in [0.717, 1.165) is 23.5 Å². The summed E-state index contributed by atoms with van der Waals surface area (Å²) < 4.78 is 7.70. The molecule has 1 aromatic heterocycles. The Morgan fingerprint density at radius 2 is 2.18 bits per heavy atom. The highest BCUT2D eigenvalue weighted by Crippen LogP contribution is 2.26. The van der Waals surface area contributed by atoms with Gasteiger partial charge in [0.05, 0.1) is 12.7 Å². The Morgan fingerprint density at radius 3 is 2.82 bits per heavy atom. The zero-order valence-electron chi connectivity index (χ0n) is 16.9. The second-order valence-corrected chi connectivity index (χ2v) is 10.0. The molecule has 1 aliphatic rings. The molecular weight excluding hydrogens is 410 g/mol. The van der Waals surface area contributed by atoms with E-state index in [2.05, 4.69) is 36.9 Å². The van der Waals surface area contributed by atoms with Crippen molar-refractivity contribution in [2.24, 2.45) is 4.99 Å². The van der Waals surface area contributed by atoms with Crippen molar-refractivity contribution in [2.75, 3.05) is 13.7 Å². The lowest BCUT2D eigenvalue weighted by atomic mass is 9.95. The van der Waals surface area contributed by atoms with Crippen molar-refractivity contribution in [3.05, 3.63) is 44.7 Å². The number of rotatable bonds is 4. The fourth-order valence-corrected chi connectivity index (χ4v) is 4.80. The fourth-order valence-electron chi connectivity index (χ4n) is 3.26. The van der Waals surface area contributed by atoms with Crippen LogP contribution in [0.25, 0.3) is 0 Å². The molecule has 2 aromatic rings. The van der Waals surface area contributed by atoms with Crippen LogP contribution in [0.1, 0.15) is 50.5 Å². The minimum atomic E-state index is 0.0650. The number of piperidine rings is 1. The van der Waals surface area contributed by atoms with Crippen LogP contribution in [-0.2, 0) is 12.0 Å². The average Bonchev–Trinajstić information content (AvgIpc) is 3.05. The maximum Gasteiger partial charge on any atom is 0.191 e. The number of thiocarbonyl (C=S) groups is 1. The van der Waals surface area contributed by atoms with Crippen LogP contribution in [0.2, 0.25) is 5.02 Å². The van der Waals surface area contributed by atoms with E-state index in [4.69, 9.17) is 33.5 Å². The zero-order chi connectivity index (χ0) is 20.3. The number of hydrogen-bond donors (Lipinski definition) is 1. The molecule has 4 nitrogen and oxygen atoms in total. The van der Waals surface area contributed by atoms with Crippen molar-refractivity contribution in [3.8, 4) is 5.75 Å². The highest BCUT2D eigenvalue weighted by Gasteiger charge is 2.20. The van der Waals surface area contributed by atoms with E-state index >= 15 is 0 Å². The van der Waals surface area contributed by atoms with Gasteiger partial charge in [-0.25, -0.2) is 4.99 Å². The molecule has 0 spiro atoms. The minimum Gasteiger partial charge on any atom is -0.496 e. The topological polar surface area (TPSA) is 38.5 Å². The van der Waals surface area contributed by atoms with Crippen LogP contribution in [0.3, 0.4) is 0 Å². The third-order valence-electron chi connectivity index (χ3n) is 4.88. The van der Waals surface area contributed by atoms with E-state index in [9.17, 15) is 0 Å². The Balaban J connectivity index is 2.00. The quantitative estimate of drug-likeness (QED) is 0.689. The molecule has 0 aliphatic carbocycles. The smallest absolute Gasteiger partial charge is 0.191 e. The van der Waals surface area contributed by atoms with E-state index in [0.29, 0.717) is 21.8 Å². The van der Waals surface area contributed by atoms with Crippen molar-refractivity contribution in [1.29, 1.82) is 0 Å². The molecule has 1 aromatic carbocycles. The summed E-state index contributed by atoms with van der Waals surface area (Å²) in [6.45, 7) is 8.67. The first-order valence-electron chi connectivity index (χ1n) is 9.64. The molecule has 1 fully saturated rings. The number of hydrogen-bond acceptors (Lipinski definition) is 4. The Labute approximate surface area is 181 Å². The van der Waals surface area contributed by atoms with Crippen LogP contribution in [0.4, 0.5) is 0 Å². The minimum absolute atomic E-state index is 0.0650. The van der Waals surface area contributed by atoms with E-state index in [1.807, 2.05) is 12.1 Å². The summed E-state index contributed by atoms with van der Waals surface area (Å²) in [5.74, 6) is 0.686. The first kappa shape index (κ1) is 21.5. The third kappa shape index (κ3) is 5.23. The van der Waals surface area contributed by atoms with Gasteiger partial charge in [-0.3, -0.25) is 0 Å². The number of nitrogens with zero attached hydrogens (tertiary/aromatic N) is 2. The molecule has 152 valence electrons. The maximum atomic E-state index is 6.18. The van der Waals surface area contributed by atoms with Gasteiger partial charge in [0, 0.05) is 28.7 Å². The molecule has 3 rings (SSSR count). The molecule has 0 radical (unpaired) electrons. The number of benzene rings is 1. The van der Waals surface area contributed by atoms with Crippen molar-refractivity contribution < 1.29 is 4.74 Å². The lowest BCUT2D eigenvalue weighted by Gasteiger charge is -2.23. The van der Waals surface area contributed by atoms with E-state index in [-0.39, 0.29) is 5.41 Å². The monoisotopic (exact) mass is 437 g/mol. The van der Waals surface area contributed by atoms with Crippen molar-refractivity contribution in [2.45, 2.75) is 58.0 Å². The summed E-state index contributed by atoms with van der Waals surface area (Å²) in [6.07, 6.45) is 5.96. The molecule has 28 heavy (non-hydrogen) atoms. The maximum absolute atomic E-state index is 6.18. The van der Waals surface area contributed by atoms with Gasteiger partial charge >= 0.3 is 0 Å². The van der Waals surface area contributed by atoms with Crippen molar-refractivity contribution in [1.82, 2.24) is 9.88 Å². The largest absolute Gasteiger partial charge is 0.496 e. The highest BCUT2D eigenvalue weighted by molar-refractivity contribution is 7.80. The number of methoxy groups -OCH3 is 1. The number of halogens is 1. The molecule has 0 amide bonds. The van der Waals surface area contributed by atoms with Crippen molar-refractivity contribution in [3.63, 3.8) is 0 Å². The van der Waals surface area contributed by atoms with Gasteiger partial charge in [0.1, 0.15) is 10.7 Å². The first-order chi connectivity index (χ1) is 13.3. The second-order valence-electron chi connectivity index (χ2n) is 8.19. The molecule has 1 atom stereocenters. The van der Waals surface area contributed by atoms with Gasteiger partial charge in [0.25, 0.3) is 0 Å². The van der Waals surface area contributed by atoms with Crippen LogP contribution in [0, 0.1) is 0 Å². The summed E-state index contributed by atoms with van der Waals surface area (Å²) in [7, 11) is 1.63. The second kappa shape index (κ2) is 9.08. The molecule has 2 heterocycles. The van der Waals surface area contributed by atoms with Crippen LogP contribution in [0.15, 0.2) is 29.4 Å². The van der Waals surface area contributed by atoms with Gasteiger partial charge in [-0.15, -0.1) is 11.3 Å². The highest BCUT2D eigenvalue weighted by atomic mass is 35.5. The molecule has 1 saturated heterocycles. The van der Waals surface area contributed by atoms with E-state index in [1.54, 1.807) is 24.5 Å². The summed E-state index contributed by atoms with van der Waals surface area (Å²) in [5, 5.41) is 4.24. The summed E-state index contributed by atoms with van der Waals surface area (Å²) in [4.78, 5) is 7.53. The standard InChI is InChI=1S/C21H28ClN3OS2/c1-21(2,3)18-13-25(12-15-7-5-6-10-23-15)20(28-18)24-19(27)16-11-14(22)8-9-17(16)26-4/h8-9,11,13,15,23H,5-7,10,12H2,1-4H3/b24-20-. The number of nitrogens with one attached hydrogen (secondary N) is 1. The predicted octanol–water partition coefficient (Wildman–Crippen LogP) is 4.93. The van der Waals surface area contributed by atoms with Crippen molar-refractivity contribution >= 4 is 40.1 Å². The fraction of sp³-hybridized carbons (Fsp3) is 0.524. The van der Waals surface area contributed by atoms with E-state index in [1.165, 1.54) is 24.1 Å². The van der Waals surface area contributed by atoms with Crippen LogP contribution in [0.5, 0.6) is 5.75 Å². The third-order valence-corrected chi connectivity index (χ3v) is 6.87. The van der Waals surface area contributed by atoms with Crippen LogP contribution in [-0.4, -0.2) is 29.3 Å². The number of aromatic nitrogens is 1. The molecule has 1 unspecified atom stereocenters. The molecule has 0 bridgehead atoms. The Bertz CT molecular complexity index is 905. The average molecular weight is 438 g/mol. The lowest BCUT2D eigenvalue weighted by molar-refractivity contribution is 0.360. The predicted molar refractivity (Wildman–Crippen MR) is 122 cm³/mol. The van der Waals surface area contributed by atoms with Gasteiger partial charge in [-0.2, -0.15) is 0 Å². The van der Waals surface area contributed by atoms with Crippen LogP contribution >= 0.6 is 35.2 Å².